The minimum absolute atomic E-state index is 0.0284. The zero-order valence-corrected chi connectivity index (χ0v) is 17.5. The van der Waals surface area contributed by atoms with Gasteiger partial charge in [-0.2, -0.15) is 10.2 Å². The molecule has 2 saturated carbocycles. The maximum absolute atomic E-state index is 12.8. The summed E-state index contributed by atoms with van der Waals surface area (Å²) in [6, 6.07) is 15.5. The second-order valence-corrected chi connectivity index (χ2v) is 9.24. The van der Waals surface area contributed by atoms with Crippen LogP contribution >= 0.6 is 0 Å². The minimum Gasteiger partial charge on any atom is -0.349 e. The van der Waals surface area contributed by atoms with E-state index in [1.54, 1.807) is 6.20 Å². The van der Waals surface area contributed by atoms with E-state index in [9.17, 15) is 9.59 Å². The SMILES string of the molecule is O=C(N[C@H]1CC2(C1)C[C@H](c1n[nH]c(=O)c3ccccc31)C2)c1cccc(-c2cn[nH]c2)c1. The van der Waals surface area contributed by atoms with Gasteiger partial charge in [0.05, 0.1) is 17.3 Å². The van der Waals surface area contributed by atoms with E-state index in [4.69, 9.17) is 0 Å². The number of fused-ring (bicyclic) bond motifs is 1. The fourth-order valence-electron chi connectivity index (χ4n) is 5.56. The van der Waals surface area contributed by atoms with Gasteiger partial charge >= 0.3 is 0 Å². The number of aromatic amines is 2. The summed E-state index contributed by atoms with van der Waals surface area (Å²) < 4.78 is 0. The Hall–Kier alpha value is -3.74. The lowest BCUT2D eigenvalue weighted by Crippen LogP contribution is -2.55. The Labute approximate surface area is 184 Å². The number of amides is 1. The van der Waals surface area contributed by atoms with Crippen LogP contribution in [-0.4, -0.2) is 32.3 Å². The standard InChI is InChI=1S/C25H23N5O2/c31-23(16-5-3-4-15(8-16)18-13-26-27-14-18)28-19-11-25(12-19)9-17(10-25)22-20-6-1-2-7-21(20)24(32)30-29-22/h1-8,13-14,17,19H,9-12H2,(H,26,27)(H,28,31)(H,30,32)/t17-,19-,25?. The van der Waals surface area contributed by atoms with Gasteiger partial charge in [0.1, 0.15) is 0 Å². The first-order chi connectivity index (χ1) is 15.6. The topological polar surface area (TPSA) is 104 Å². The quantitative estimate of drug-likeness (QED) is 0.463. The number of nitrogens with zero attached hydrogens (tertiary/aromatic N) is 2. The van der Waals surface area contributed by atoms with Crippen LogP contribution in [0.15, 0.2) is 65.7 Å². The molecular formula is C25H23N5O2. The molecule has 2 aromatic carbocycles. The van der Waals surface area contributed by atoms with Gasteiger partial charge in [-0.15, -0.1) is 0 Å². The predicted molar refractivity (Wildman–Crippen MR) is 121 cm³/mol. The number of benzene rings is 2. The van der Waals surface area contributed by atoms with E-state index in [1.165, 1.54) is 0 Å². The number of rotatable bonds is 4. The molecule has 1 amide bonds. The first-order valence-electron chi connectivity index (χ1n) is 11.0. The van der Waals surface area contributed by atoms with Crippen LogP contribution in [0.3, 0.4) is 0 Å². The third-order valence-electron chi connectivity index (χ3n) is 7.12. The maximum Gasteiger partial charge on any atom is 0.272 e. The van der Waals surface area contributed by atoms with Crippen molar-refractivity contribution in [2.24, 2.45) is 5.41 Å². The van der Waals surface area contributed by atoms with Crippen LogP contribution in [0.2, 0.25) is 0 Å². The van der Waals surface area contributed by atoms with Crippen molar-refractivity contribution in [1.29, 1.82) is 0 Å². The molecule has 2 aliphatic carbocycles. The van der Waals surface area contributed by atoms with Crippen LogP contribution in [0.4, 0.5) is 0 Å². The van der Waals surface area contributed by atoms with Crippen molar-refractivity contribution in [3.8, 4) is 11.1 Å². The summed E-state index contributed by atoms with van der Waals surface area (Å²) in [5, 5.41) is 18.7. The van der Waals surface area contributed by atoms with Gasteiger partial charge in [0.2, 0.25) is 0 Å². The average Bonchev–Trinajstić information content (AvgIpc) is 3.30. The number of hydrogen-bond donors (Lipinski definition) is 3. The van der Waals surface area contributed by atoms with Crippen molar-refractivity contribution in [1.82, 2.24) is 25.7 Å². The van der Waals surface area contributed by atoms with Crippen LogP contribution in [0.5, 0.6) is 0 Å². The molecule has 2 fully saturated rings. The highest BCUT2D eigenvalue weighted by Gasteiger charge is 2.54. The normalized spacial score (nSPS) is 24.1. The summed E-state index contributed by atoms with van der Waals surface area (Å²) in [6.45, 7) is 0. The van der Waals surface area contributed by atoms with Crippen molar-refractivity contribution in [3.63, 3.8) is 0 Å². The Morgan fingerprint density at radius 1 is 1.00 bits per heavy atom. The van der Waals surface area contributed by atoms with E-state index in [1.807, 2.05) is 54.7 Å². The van der Waals surface area contributed by atoms with Crippen LogP contribution < -0.4 is 10.9 Å². The molecule has 0 atom stereocenters. The van der Waals surface area contributed by atoms with E-state index >= 15 is 0 Å². The number of carbonyl (C=O) groups excluding carboxylic acids is 1. The number of hydrogen-bond acceptors (Lipinski definition) is 4. The third kappa shape index (κ3) is 3.12. The molecule has 7 heteroatoms. The molecule has 0 bridgehead atoms. The highest BCUT2D eigenvalue weighted by atomic mass is 16.1. The smallest absolute Gasteiger partial charge is 0.272 e. The monoisotopic (exact) mass is 425 g/mol. The lowest BCUT2D eigenvalue weighted by molar-refractivity contribution is -0.0196. The first kappa shape index (κ1) is 19.0. The Balaban J connectivity index is 1.09. The molecule has 0 aliphatic heterocycles. The van der Waals surface area contributed by atoms with Gasteiger partial charge in [0.15, 0.2) is 0 Å². The van der Waals surface area contributed by atoms with Gasteiger partial charge in [-0.05, 0) is 54.9 Å². The molecule has 0 unspecified atom stereocenters. The summed E-state index contributed by atoms with van der Waals surface area (Å²) >= 11 is 0. The van der Waals surface area contributed by atoms with Crippen molar-refractivity contribution in [2.75, 3.05) is 0 Å². The van der Waals surface area contributed by atoms with Gasteiger partial charge in [-0.3, -0.25) is 14.7 Å². The van der Waals surface area contributed by atoms with E-state index in [-0.39, 0.29) is 17.5 Å². The Morgan fingerprint density at radius 3 is 2.59 bits per heavy atom. The summed E-state index contributed by atoms with van der Waals surface area (Å²) in [7, 11) is 0. The fourth-order valence-corrected chi connectivity index (χ4v) is 5.56. The Bertz CT molecular complexity index is 1360. The van der Waals surface area contributed by atoms with Crippen LogP contribution in [0.1, 0.15) is 47.7 Å². The van der Waals surface area contributed by atoms with Crippen molar-refractivity contribution >= 4 is 16.7 Å². The van der Waals surface area contributed by atoms with Crippen LogP contribution in [0.25, 0.3) is 21.9 Å². The zero-order chi connectivity index (χ0) is 21.7. The van der Waals surface area contributed by atoms with Gasteiger partial charge in [0, 0.05) is 34.7 Å². The molecule has 7 nitrogen and oxygen atoms in total. The number of carbonyl (C=O) groups is 1. The fraction of sp³-hybridized carbons (Fsp3) is 0.280. The molecule has 4 aromatic rings. The number of aromatic nitrogens is 4. The van der Waals surface area contributed by atoms with Gasteiger partial charge in [-0.1, -0.05) is 30.3 Å². The van der Waals surface area contributed by atoms with Crippen molar-refractivity contribution in [3.05, 3.63) is 82.5 Å². The summed E-state index contributed by atoms with van der Waals surface area (Å²) in [4.78, 5) is 24.8. The minimum atomic E-state index is -0.137. The first-order valence-corrected chi connectivity index (χ1v) is 11.0. The van der Waals surface area contributed by atoms with Gasteiger partial charge in [0.25, 0.3) is 11.5 Å². The molecule has 0 saturated heterocycles. The van der Waals surface area contributed by atoms with Crippen LogP contribution in [0, 0.1) is 5.41 Å². The number of nitrogens with one attached hydrogen (secondary N) is 3. The number of H-pyrrole nitrogens is 2. The molecule has 2 aromatic heterocycles. The highest BCUT2D eigenvalue weighted by Crippen LogP contribution is 2.62. The molecule has 2 aliphatic rings. The van der Waals surface area contributed by atoms with Crippen molar-refractivity contribution in [2.45, 2.75) is 37.6 Å². The molecule has 32 heavy (non-hydrogen) atoms. The van der Waals surface area contributed by atoms with Crippen molar-refractivity contribution < 1.29 is 4.79 Å². The third-order valence-corrected chi connectivity index (χ3v) is 7.12. The van der Waals surface area contributed by atoms with Gasteiger partial charge < -0.3 is 5.32 Å². The predicted octanol–water partition coefficient (Wildman–Crippen LogP) is 3.77. The second-order valence-electron chi connectivity index (χ2n) is 9.24. The lowest BCUT2D eigenvalue weighted by atomic mass is 9.49. The summed E-state index contributed by atoms with van der Waals surface area (Å²) in [5.74, 6) is 0.333. The molecule has 1 spiro atoms. The molecule has 6 rings (SSSR count). The van der Waals surface area contributed by atoms with E-state index in [0.29, 0.717) is 22.3 Å². The largest absolute Gasteiger partial charge is 0.349 e. The van der Waals surface area contributed by atoms with E-state index < -0.39 is 0 Å². The van der Waals surface area contributed by atoms with Crippen LogP contribution in [-0.2, 0) is 0 Å². The molecular weight excluding hydrogens is 402 g/mol. The zero-order valence-electron chi connectivity index (χ0n) is 17.5. The summed E-state index contributed by atoms with van der Waals surface area (Å²) in [6.07, 6.45) is 7.67. The van der Waals surface area contributed by atoms with E-state index in [2.05, 4.69) is 25.7 Å². The maximum atomic E-state index is 12.8. The molecule has 3 N–H and O–H groups in total. The summed E-state index contributed by atoms with van der Waals surface area (Å²) in [5.41, 5.74) is 3.75. The molecule has 160 valence electrons. The van der Waals surface area contributed by atoms with Gasteiger partial charge in [-0.25, -0.2) is 5.10 Å². The average molecular weight is 425 g/mol. The lowest BCUT2D eigenvalue weighted by Gasteiger charge is -2.57. The van der Waals surface area contributed by atoms with E-state index in [0.717, 1.165) is 47.9 Å². The molecule has 0 radical (unpaired) electrons. The Morgan fingerprint density at radius 2 is 1.81 bits per heavy atom. The second kappa shape index (κ2) is 7.15. The Kier molecular flexibility index (Phi) is 4.24. The highest BCUT2D eigenvalue weighted by molar-refractivity contribution is 5.95. The molecule has 2 heterocycles.